The van der Waals surface area contributed by atoms with E-state index in [1.807, 2.05) is 50.2 Å². The molecule has 1 aromatic heterocycles. The molecular formula is C23H24ClN3O3. The van der Waals surface area contributed by atoms with Crippen molar-refractivity contribution < 1.29 is 14.0 Å². The molecule has 7 heteroatoms. The number of nitrogens with zero attached hydrogens (tertiary/aromatic N) is 2. The molecule has 3 rings (SSSR count). The Morgan fingerprint density at radius 3 is 2.67 bits per heavy atom. The molecule has 3 aromatic rings. The maximum Gasteiger partial charge on any atom is 0.243 e. The van der Waals surface area contributed by atoms with Gasteiger partial charge in [-0.25, -0.2) is 4.98 Å². The van der Waals surface area contributed by atoms with Crippen LogP contribution in [-0.4, -0.2) is 35.3 Å². The van der Waals surface area contributed by atoms with E-state index in [4.69, 9.17) is 16.0 Å². The Labute approximate surface area is 180 Å². The summed E-state index contributed by atoms with van der Waals surface area (Å²) in [7, 11) is 1.61. The number of oxazole rings is 1. The van der Waals surface area contributed by atoms with Crippen molar-refractivity contribution in [1.82, 2.24) is 9.88 Å². The Kier molecular flexibility index (Phi) is 6.90. The number of carbonyl (C=O) groups excluding carboxylic acids is 2. The maximum atomic E-state index is 12.4. The summed E-state index contributed by atoms with van der Waals surface area (Å²) in [5.74, 6) is 0.607. The van der Waals surface area contributed by atoms with Crippen LogP contribution in [-0.2, 0) is 16.0 Å². The number of likely N-dealkylation sites (N-methyl/N-ethyl adjacent to an activating group) is 1. The lowest BCUT2D eigenvalue weighted by atomic mass is 10.1. The zero-order valence-corrected chi connectivity index (χ0v) is 18.0. The van der Waals surface area contributed by atoms with Gasteiger partial charge in [-0.2, -0.15) is 0 Å². The zero-order chi connectivity index (χ0) is 21.7. The highest BCUT2D eigenvalue weighted by Gasteiger charge is 2.16. The summed E-state index contributed by atoms with van der Waals surface area (Å²) in [5, 5.41) is 3.44. The monoisotopic (exact) mass is 425 g/mol. The van der Waals surface area contributed by atoms with Crippen molar-refractivity contribution in [3.05, 3.63) is 70.7 Å². The molecule has 0 aliphatic carbocycles. The van der Waals surface area contributed by atoms with E-state index in [9.17, 15) is 9.59 Å². The molecule has 6 nitrogen and oxygen atoms in total. The summed E-state index contributed by atoms with van der Waals surface area (Å²) in [4.78, 5) is 30.3. The molecule has 0 aliphatic heterocycles. The molecule has 1 heterocycles. The first-order valence-corrected chi connectivity index (χ1v) is 10.0. The van der Waals surface area contributed by atoms with Gasteiger partial charge in [0.05, 0.1) is 17.8 Å². The predicted molar refractivity (Wildman–Crippen MR) is 117 cm³/mol. The first kappa shape index (κ1) is 21.6. The molecule has 0 bridgehead atoms. The number of anilines is 1. The SMILES string of the molecule is Cc1cccc(NC(=O)CN(C)C(=O)CCc2ncc(-c3ccccc3Cl)o2)c1C. The summed E-state index contributed by atoms with van der Waals surface area (Å²) in [5.41, 5.74) is 3.62. The van der Waals surface area contributed by atoms with E-state index in [1.54, 1.807) is 19.3 Å². The molecule has 0 saturated carbocycles. The minimum atomic E-state index is -0.239. The average molecular weight is 426 g/mol. The van der Waals surface area contributed by atoms with Gasteiger partial charge < -0.3 is 14.6 Å². The van der Waals surface area contributed by atoms with Gasteiger partial charge in [0.2, 0.25) is 11.8 Å². The molecule has 0 saturated heterocycles. The fourth-order valence-corrected chi connectivity index (χ4v) is 3.22. The number of halogens is 1. The second kappa shape index (κ2) is 9.59. The zero-order valence-electron chi connectivity index (χ0n) is 17.2. The maximum absolute atomic E-state index is 12.4. The van der Waals surface area contributed by atoms with Crippen molar-refractivity contribution >= 4 is 29.1 Å². The lowest BCUT2D eigenvalue weighted by Gasteiger charge is -2.17. The van der Waals surface area contributed by atoms with E-state index in [0.717, 1.165) is 22.4 Å². The van der Waals surface area contributed by atoms with Crippen molar-refractivity contribution in [3.8, 4) is 11.3 Å². The van der Waals surface area contributed by atoms with Gasteiger partial charge in [0.1, 0.15) is 0 Å². The van der Waals surface area contributed by atoms with Gasteiger partial charge in [-0.15, -0.1) is 0 Å². The number of rotatable bonds is 7. The summed E-state index contributed by atoms with van der Waals surface area (Å²) >= 11 is 6.18. The van der Waals surface area contributed by atoms with Gasteiger partial charge in [0.25, 0.3) is 0 Å². The summed E-state index contributed by atoms with van der Waals surface area (Å²) < 4.78 is 5.72. The third kappa shape index (κ3) is 5.27. The van der Waals surface area contributed by atoms with E-state index < -0.39 is 0 Å². The molecule has 30 heavy (non-hydrogen) atoms. The number of aromatic nitrogens is 1. The number of amides is 2. The van der Waals surface area contributed by atoms with E-state index >= 15 is 0 Å². The van der Waals surface area contributed by atoms with Crippen molar-refractivity contribution in [2.75, 3.05) is 18.9 Å². The van der Waals surface area contributed by atoms with Crippen LogP contribution in [0.15, 0.2) is 53.1 Å². The molecule has 0 atom stereocenters. The summed E-state index contributed by atoms with van der Waals surface area (Å²) in [6.45, 7) is 3.91. The van der Waals surface area contributed by atoms with Gasteiger partial charge >= 0.3 is 0 Å². The van der Waals surface area contributed by atoms with Gasteiger partial charge in [0, 0.05) is 31.1 Å². The lowest BCUT2D eigenvalue weighted by Crippen LogP contribution is -2.35. The van der Waals surface area contributed by atoms with Gasteiger partial charge in [-0.3, -0.25) is 9.59 Å². The highest BCUT2D eigenvalue weighted by Crippen LogP contribution is 2.28. The van der Waals surface area contributed by atoms with Crippen LogP contribution in [0.5, 0.6) is 0 Å². The van der Waals surface area contributed by atoms with Crippen molar-refractivity contribution in [2.45, 2.75) is 26.7 Å². The molecule has 0 fully saturated rings. The fourth-order valence-electron chi connectivity index (χ4n) is 3.00. The standard InChI is InChI=1S/C23H24ClN3O3/c1-15-7-6-10-19(16(15)2)26-21(28)14-27(3)23(29)12-11-22-25-13-20(30-22)17-8-4-5-9-18(17)24/h4-10,13H,11-12,14H2,1-3H3,(H,26,28). The van der Waals surface area contributed by atoms with Crippen LogP contribution in [0.3, 0.4) is 0 Å². The van der Waals surface area contributed by atoms with E-state index in [1.165, 1.54) is 4.90 Å². The number of carbonyl (C=O) groups is 2. The highest BCUT2D eigenvalue weighted by atomic mass is 35.5. The molecule has 0 spiro atoms. The quantitative estimate of drug-likeness (QED) is 0.598. The Hall–Kier alpha value is -3.12. The van der Waals surface area contributed by atoms with Crippen molar-refractivity contribution in [1.29, 1.82) is 0 Å². The van der Waals surface area contributed by atoms with Gasteiger partial charge in [0.15, 0.2) is 11.7 Å². The Bertz CT molecular complexity index is 1060. The van der Waals surface area contributed by atoms with Crippen LogP contribution < -0.4 is 5.32 Å². The summed E-state index contributed by atoms with van der Waals surface area (Å²) in [6.07, 6.45) is 2.13. The van der Waals surface area contributed by atoms with Gasteiger partial charge in [-0.05, 0) is 43.2 Å². The number of hydrogen-bond donors (Lipinski definition) is 1. The minimum Gasteiger partial charge on any atom is -0.441 e. The second-order valence-electron chi connectivity index (χ2n) is 7.14. The van der Waals surface area contributed by atoms with Gasteiger partial charge in [-0.1, -0.05) is 35.9 Å². The third-order valence-electron chi connectivity index (χ3n) is 4.93. The molecule has 0 radical (unpaired) electrons. The van der Waals surface area contributed by atoms with E-state index in [2.05, 4.69) is 10.3 Å². The minimum absolute atomic E-state index is 0.0251. The van der Waals surface area contributed by atoms with Crippen LogP contribution in [0.1, 0.15) is 23.4 Å². The molecule has 0 unspecified atom stereocenters. The Balaban J connectivity index is 1.52. The smallest absolute Gasteiger partial charge is 0.243 e. The number of hydrogen-bond acceptors (Lipinski definition) is 4. The second-order valence-corrected chi connectivity index (χ2v) is 7.55. The number of aryl methyl sites for hydroxylation is 2. The molecule has 1 N–H and O–H groups in total. The summed E-state index contributed by atoms with van der Waals surface area (Å²) in [6, 6.07) is 13.1. The van der Waals surface area contributed by atoms with Crippen LogP contribution in [0.2, 0.25) is 5.02 Å². The van der Waals surface area contributed by atoms with Crippen LogP contribution >= 0.6 is 11.6 Å². The number of nitrogens with one attached hydrogen (secondary N) is 1. The Morgan fingerprint density at radius 1 is 1.13 bits per heavy atom. The van der Waals surface area contributed by atoms with E-state index in [-0.39, 0.29) is 24.8 Å². The van der Waals surface area contributed by atoms with Crippen molar-refractivity contribution in [2.24, 2.45) is 0 Å². The molecule has 156 valence electrons. The normalized spacial score (nSPS) is 10.7. The lowest BCUT2D eigenvalue weighted by molar-refractivity contribution is -0.133. The Morgan fingerprint density at radius 2 is 1.90 bits per heavy atom. The highest BCUT2D eigenvalue weighted by molar-refractivity contribution is 6.33. The van der Waals surface area contributed by atoms with Crippen LogP contribution in [0, 0.1) is 13.8 Å². The molecule has 2 aromatic carbocycles. The molecule has 2 amide bonds. The first-order valence-electron chi connectivity index (χ1n) is 9.65. The van der Waals surface area contributed by atoms with Crippen molar-refractivity contribution in [3.63, 3.8) is 0 Å². The van der Waals surface area contributed by atoms with E-state index in [0.29, 0.717) is 23.1 Å². The third-order valence-corrected chi connectivity index (χ3v) is 5.26. The van der Waals surface area contributed by atoms with Crippen LogP contribution in [0.25, 0.3) is 11.3 Å². The first-order chi connectivity index (χ1) is 14.3. The number of benzene rings is 2. The fraction of sp³-hybridized carbons (Fsp3) is 0.261. The average Bonchev–Trinajstić information content (AvgIpc) is 3.18. The topological polar surface area (TPSA) is 75.4 Å². The molecular weight excluding hydrogens is 402 g/mol. The predicted octanol–water partition coefficient (Wildman–Crippen LogP) is 4.64. The van der Waals surface area contributed by atoms with Crippen LogP contribution in [0.4, 0.5) is 5.69 Å². The molecule has 0 aliphatic rings. The largest absolute Gasteiger partial charge is 0.441 e.